The number of hydrogen-bond acceptors (Lipinski definition) is 6. The molecule has 3 N–H and O–H groups in total. The lowest BCUT2D eigenvalue weighted by Crippen LogP contribution is -2.39. The molecule has 1 aromatic carbocycles. The SMILES string of the molecule is CC(C)OCCCn1c(SC(C)C(=O)NC(N)=O)nc2cc(Cl)ccc2c1=O. The number of carbonyl (C=O) groups excluding carboxylic acids is 2. The van der Waals surface area contributed by atoms with Gasteiger partial charge < -0.3 is 10.5 Å². The van der Waals surface area contributed by atoms with Gasteiger partial charge in [-0.25, -0.2) is 9.78 Å². The third-order valence-electron chi connectivity index (χ3n) is 3.76. The molecule has 0 aliphatic heterocycles. The van der Waals surface area contributed by atoms with Crippen LogP contribution in [0.2, 0.25) is 5.02 Å². The number of nitrogens with one attached hydrogen (secondary N) is 1. The summed E-state index contributed by atoms with van der Waals surface area (Å²) in [5, 5.41) is 2.60. The third-order valence-corrected chi connectivity index (χ3v) is 5.08. The number of nitrogens with zero attached hydrogens (tertiary/aromatic N) is 2. The van der Waals surface area contributed by atoms with Crippen molar-refractivity contribution in [3.63, 3.8) is 0 Å². The molecule has 28 heavy (non-hydrogen) atoms. The van der Waals surface area contributed by atoms with Crippen LogP contribution in [0.15, 0.2) is 28.2 Å². The first-order chi connectivity index (χ1) is 13.2. The number of nitrogens with two attached hydrogens (primary N) is 1. The first kappa shape index (κ1) is 22.2. The van der Waals surface area contributed by atoms with E-state index in [1.165, 1.54) is 4.57 Å². The van der Waals surface area contributed by atoms with Crippen LogP contribution in [-0.4, -0.2) is 39.5 Å². The van der Waals surface area contributed by atoms with E-state index in [0.717, 1.165) is 11.8 Å². The molecule has 2 aromatic rings. The lowest BCUT2D eigenvalue weighted by Gasteiger charge is -2.16. The van der Waals surface area contributed by atoms with Gasteiger partial charge in [-0.15, -0.1) is 0 Å². The Balaban J connectivity index is 2.36. The Morgan fingerprint density at radius 2 is 2.07 bits per heavy atom. The van der Waals surface area contributed by atoms with Crippen molar-refractivity contribution in [3.8, 4) is 0 Å². The second kappa shape index (κ2) is 9.90. The van der Waals surface area contributed by atoms with Crippen LogP contribution in [0.25, 0.3) is 10.9 Å². The van der Waals surface area contributed by atoms with E-state index < -0.39 is 17.2 Å². The predicted molar refractivity (Wildman–Crippen MR) is 110 cm³/mol. The molecule has 3 amide bonds. The van der Waals surface area contributed by atoms with Gasteiger partial charge in [0.2, 0.25) is 5.91 Å². The fraction of sp³-hybridized carbons (Fsp3) is 0.444. The Labute approximate surface area is 171 Å². The van der Waals surface area contributed by atoms with Crippen molar-refractivity contribution < 1.29 is 14.3 Å². The van der Waals surface area contributed by atoms with Crippen molar-refractivity contribution in [2.75, 3.05) is 6.61 Å². The van der Waals surface area contributed by atoms with Crippen LogP contribution in [0.5, 0.6) is 0 Å². The van der Waals surface area contributed by atoms with Gasteiger partial charge in [-0.2, -0.15) is 0 Å². The molecule has 1 heterocycles. The standard InChI is InChI=1S/C18H23ClN4O4S/c1-10(2)27-8-4-7-23-16(25)13-6-5-12(19)9-14(13)21-18(23)28-11(3)15(24)22-17(20)26/h5-6,9-11H,4,7-8H2,1-3H3,(H3,20,22,24,26). The van der Waals surface area contributed by atoms with Gasteiger partial charge in [-0.1, -0.05) is 23.4 Å². The van der Waals surface area contributed by atoms with E-state index >= 15 is 0 Å². The third kappa shape index (κ3) is 5.95. The minimum Gasteiger partial charge on any atom is -0.379 e. The fourth-order valence-electron chi connectivity index (χ4n) is 2.44. The van der Waals surface area contributed by atoms with Crippen LogP contribution < -0.4 is 16.6 Å². The van der Waals surface area contributed by atoms with Crippen molar-refractivity contribution in [1.29, 1.82) is 0 Å². The van der Waals surface area contributed by atoms with Gasteiger partial charge in [0, 0.05) is 18.2 Å². The number of urea groups is 1. The lowest BCUT2D eigenvalue weighted by molar-refractivity contribution is -0.119. The Morgan fingerprint density at radius 1 is 1.36 bits per heavy atom. The quantitative estimate of drug-likeness (QED) is 0.380. The van der Waals surface area contributed by atoms with Crippen LogP contribution in [0, 0.1) is 0 Å². The highest BCUT2D eigenvalue weighted by atomic mass is 35.5. The number of amides is 3. The van der Waals surface area contributed by atoms with Gasteiger partial charge in [0.05, 0.1) is 22.3 Å². The largest absolute Gasteiger partial charge is 0.379 e. The van der Waals surface area contributed by atoms with Crippen molar-refractivity contribution in [2.24, 2.45) is 5.73 Å². The summed E-state index contributed by atoms with van der Waals surface area (Å²) in [5.74, 6) is -0.562. The molecule has 152 valence electrons. The summed E-state index contributed by atoms with van der Waals surface area (Å²) in [6, 6.07) is 3.93. The summed E-state index contributed by atoms with van der Waals surface area (Å²) in [6.45, 7) is 6.35. The number of imide groups is 1. The Morgan fingerprint density at radius 3 is 2.71 bits per heavy atom. The van der Waals surface area contributed by atoms with E-state index in [2.05, 4.69) is 4.98 Å². The number of primary amides is 1. The van der Waals surface area contributed by atoms with Gasteiger partial charge >= 0.3 is 6.03 Å². The number of halogens is 1. The van der Waals surface area contributed by atoms with Crippen LogP contribution in [-0.2, 0) is 16.1 Å². The molecule has 0 saturated carbocycles. The van der Waals surface area contributed by atoms with Crippen molar-refractivity contribution >= 4 is 46.2 Å². The minimum absolute atomic E-state index is 0.0972. The summed E-state index contributed by atoms with van der Waals surface area (Å²) < 4.78 is 7.05. The number of ether oxygens (including phenoxy) is 1. The summed E-state index contributed by atoms with van der Waals surface area (Å²) in [7, 11) is 0. The summed E-state index contributed by atoms with van der Waals surface area (Å²) in [5.41, 5.74) is 5.21. The van der Waals surface area contributed by atoms with E-state index in [4.69, 9.17) is 22.1 Å². The molecule has 1 aromatic heterocycles. The summed E-state index contributed by atoms with van der Waals surface area (Å²) >= 11 is 7.09. The molecule has 0 saturated heterocycles. The van der Waals surface area contributed by atoms with E-state index in [-0.39, 0.29) is 11.7 Å². The molecule has 0 fully saturated rings. The van der Waals surface area contributed by atoms with E-state index in [1.54, 1.807) is 25.1 Å². The van der Waals surface area contributed by atoms with Gasteiger partial charge in [-0.05, 0) is 45.4 Å². The highest BCUT2D eigenvalue weighted by Crippen LogP contribution is 2.24. The van der Waals surface area contributed by atoms with Crippen molar-refractivity contribution in [3.05, 3.63) is 33.6 Å². The molecule has 0 radical (unpaired) electrons. The highest BCUT2D eigenvalue weighted by molar-refractivity contribution is 8.00. The smallest absolute Gasteiger partial charge is 0.318 e. The Bertz CT molecular complexity index is 932. The molecule has 8 nitrogen and oxygen atoms in total. The highest BCUT2D eigenvalue weighted by Gasteiger charge is 2.20. The number of aromatic nitrogens is 2. The number of fused-ring (bicyclic) bond motifs is 1. The van der Waals surface area contributed by atoms with Gasteiger partial charge in [-0.3, -0.25) is 19.5 Å². The molecule has 1 atom stereocenters. The number of thioether (sulfide) groups is 1. The maximum absolute atomic E-state index is 13.0. The van der Waals surface area contributed by atoms with Crippen LogP contribution in [0.3, 0.4) is 0 Å². The summed E-state index contributed by atoms with van der Waals surface area (Å²) in [6.07, 6.45) is 0.703. The van der Waals surface area contributed by atoms with Gasteiger partial charge in [0.25, 0.3) is 5.56 Å². The van der Waals surface area contributed by atoms with E-state index in [1.807, 2.05) is 19.2 Å². The normalized spacial score (nSPS) is 12.3. The Hall–Kier alpha value is -2.10. The van der Waals surface area contributed by atoms with E-state index in [0.29, 0.717) is 40.7 Å². The average Bonchev–Trinajstić information content (AvgIpc) is 2.59. The van der Waals surface area contributed by atoms with Crippen LogP contribution in [0.1, 0.15) is 27.2 Å². The first-order valence-electron chi connectivity index (χ1n) is 8.77. The molecule has 1 unspecified atom stereocenters. The van der Waals surface area contributed by atoms with Crippen molar-refractivity contribution in [2.45, 2.75) is 50.2 Å². The maximum atomic E-state index is 13.0. The monoisotopic (exact) mass is 426 g/mol. The zero-order valence-electron chi connectivity index (χ0n) is 15.9. The number of carbonyl (C=O) groups is 2. The molecule has 0 spiro atoms. The van der Waals surface area contributed by atoms with Crippen LogP contribution in [0.4, 0.5) is 4.79 Å². The Kier molecular flexibility index (Phi) is 7.85. The average molecular weight is 427 g/mol. The van der Waals surface area contributed by atoms with Gasteiger partial charge in [0.1, 0.15) is 0 Å². The zero-order valence-corrected chi connectivity index (χ0v) is 17.5. The molecule has 0 aliphatic rings. The number of benzene rings is 1. The number of rotatable bonds is 8. The molecule has 10 heteroatoms. The second-order valence-electron chi connectivity index (χ2n) is 6.40. The fourth-order valence-corrected chi connectivity index (χ4v) is 3.54. The first-order valence-corrected chi connectivity index (χ1v) is 10.0. The second-order valence-corrected chi connectivity index (χ2v) is 8.14. The van der Waals surface area contributed by atoms with Crippen molar-refractivity contribution in [1.82, 2.24) is 14.9 Å². The maximum Gasteiger partial charge on any atom is 0.318 e. The zero-order chi connectivity index (χ0) is 20.8. The van der Waals surface area contributed by atoms with Gasteiger partial charge in [0.15, 0.2) is 5.16 Å². The summed E-state index contributed by atoms with van der Waals surface area (Å²) in [4.78, 5) is 40.4. The lowest BCUT2D eigenvalue weighted by atomic mass is 10.2. The molecule has 0 bridgehead atoms. The minimum atomic E-state index is -0.932. The number of hydrogen-bond donors (Lipinski definition) is 2. The molecular weight excluding hydrogens is 404 g/mol. The van der Waals surface area contributed by atoms with E-state index in [9.17, 15) is 14.4 Å². The molecule has 0 aliphatic carbocycles. The molecular formula is C18H23ClN4O4S. The van der Waals surface area contributed by atoms with Crippen LogP contribution >= 0.6 is 23.4 Å². The molecule has 2 rings (SSSR count). The topological polar surface area (TPSA) is 116 Å². The predicted octanol–water partition coefficient (Wildman–Crippen LogP) is 2.54.